The van der Waals surface area contributed by atoms with E-state index in [2.05, 4.69) is 10.2 Å². The van der Waals surface area contributed by atoms with Gasteiger partial charge in [0.1, 0.15) is 5.75 Å². The molecule has 0 radical (unpaired) electrons. The summed E-state index contributed by atoms with van der Waals surface area (Å²) in [6.45, 7) is 1.88. The maximum absolute atomic E-state index is 12.9. The Balaban J connectivity index is 1.88. The summed E-state index contributed by atoms with van der Waals surface area (Å²) in [5, 5.41) is 20.7. The summed E-state index contributed by atoms with van der Waals surface area (Å²) >= 11 is 0.770. The zero-order valence-electron chi connectivity index (χ0n) is 16.8. The second-order valence-corrected chi connectivity index (χ2v) is 9.77. The summed E-state index contributed by atoms with van der Waals surface area (Å²) in [6, 6.07) is 9.10. The van der Waals surface area contributed by atoms with Crippen LogP contribution in [0.25, 0.3) is 16.6 Å². The van der Waals surface area contributed by atoms with Crippen LogP contribution in [-0.4, -0.2) is 40.6 Å². The summed E-state index contributed by atoms with van der Waals surface area (Å²) < 4.78 is 68.9. The topological polar surface area (TPSA) is 117 Å². The smallest absolute Gasteiger partial charge is 0.497 e. The van der Waals surface area contributed by atoms with E-state index in [0.29, 0.717) is 29.0 Å². The third-order valence-corrected chi connectivity index (χ3v) is 7.31. The highest BCUT2D eigenvalue weighted by atomic mass is 32.2. The quantitative estimate of drug-likeness (QED) is 0.291. The van der Waals surface area contributed by atoms with E-state index in [4.69, 9.17) is 4.74 Å². The van der Waals surface area contributed by atoms with E-state index in [1.165, 1.54) is 7.11 Å². The number of halogens is 3. The monoisotopic (exact) mass is 498 g/mol. The molecule has 2 aromatic carbocycles. The van der Waals surface area contributed by atoms with Crippen LogP contribution in [0.4, 0.5) is 18.9 Å². The van der Waals surface area contributed by atoms with Gasteiger partial charge in [0.2, 0.25) is 5.16 Å². The number of nitro benzene ring substituents is 1. The molecule has 0 aliphatic heterocycles. The largest absolute Gasteiger partial charge is 0.501 e. The van der Waals surface area contributed by atoms with Gasteiger partial charge in [-0.15, -0.1) is 10.2 Å². The minimum Gasteiger partial charge on any atom is -0.497 e. The van der Waals surface area contributed by atoms with E-state index in [-0.39, 0.29) is 10.1 Å². The molecule has 0 unspecified atom stereocenters. The van der Waals surface area contributed by atoms with Crippen molar-refractivity contribution in [3.63, 3.8) is 0 Å². The van der Waals surface area contributed by atoms with E-state index in [9.17, 15) is 31.7 Å². The van der Waals surface area contributed by atoms with Crippen molar-refractivity contribution in [2.75, 3.05) is 7.11 Å². The van der Waals surface area contributed by atoms with E-state index >= 15 is 0 Å². The Bertz CT molecular complexity index is 1530. The fourth-order valence-corrected chi connectivity index (χ4v) is 4.94. The Labute approximate surface area is 188 Å². The van der Waals surface area contributed by atoms with Gasteiger partial charge in [-0.1, -0.05) is 0 Å². The number of aryl methyl sites for hydroxylation is 1. The number of benzene rings is 2. The van der Waals surface area contributed by atoms with Crippen molar-refractivity contribution >= 4 is 43.8 Å². The standard InChI is InChI=1S/C19H13F3N4O5S2/c1-10-7-17-23-24-18(25(17)14-8-11(31-2)3-5-13(10)14)32-16-6-4-12(9-15(16)26(27)28)33(29,30)19(20,21)22/h3-9H,1-2H3. The molecule has 2 aromatic heterocycles. The van der Waals surface area contributed by atoms with Gasteiger partial charge < -0.3 is 4.74 Å². The molecule has 2 heterocycles. The molecule has 0 atom stereocenters. The molecule has 172 valence electrons. The average Bonchev–Trinajstić information content (AvgIpc) is 3.15. The fourth-order valence-electron chi connectivity index (χ4n) is 3.22. The molecule has 4 rings (SSSR count). The first-order chi connectivity index (χ1) is 15.4. The predicted molar refractivity (Wildman–Crippen MR) is 112 cm³/mol. The van der Waals surface area contributed by atoms with Gasteiger partial charge in [0.25, 0.3) is 15.5 Å². The van der Waals surface area contributed by atoms with Gasteiger partial charge in [0.15, 0.2) is 5.65 Å². The van der Waals surface area contributed by atoms with Crippen LogP contribution in [0.3, 0.4) is 0 Å². The molecule has 0 aliphatic rings. The van der Waals surface area contributed by atoms with Gasteiger partial charge in [0, 0.05) is 17.5 Å². The minimum atomic E-state index is -5.75. The minimum absolute atomic E-state index is 0.105. The van der Waals surface area contributed by atoms with E-state index in [1.54, 1.807) is 22.6 Å². The van der Waals surface area contributed by atoms with Crippen LogP contribution in [-0.2, 0) is 9.84 Å². The van der Waals surface area contributed by atoms with Crippen molar-refractivity contribution in [1.82, 2.24) is 14.6 Å². The third-order valence-electron chi connectivity index (χ3n) is 4.82. The number of methoxy groups -OCH3 is 1. The first-order valence-electron chi connectivity index (χ1n) is 9.04. The summed E-state index contributed by atoms with van der Waals surface area (Å²) in [4.78, 5) is 9.26. The first-order valence-corrected chi connectivity index (χ1v) is 11.3. The number of pyridine rings is 1. The lowest BCUT2D eigenvalue weighted by molar-refractivity contribution is -0.388. The Morgan fingerprint density at radius 2 is 1.85 bits per heavy atom. The van der Waals surface area contributed by atoms with Gasteiger partial charge in [-0.3, -0.25) is 14.5 Å². The Morgan fingerprint density at radius 3 is 2.48 bits per heavy atom. The SMILES string of the molecule is COc1ccc2c(C)cc3nnc(Sc4ccc(S(=O)(=O)C(F)(F)F)cc4[N+](=O)[O-])n3c2c1. The maximum atomic E-state index is 12.9. The molecule has 33 heavy (non-hydrogen) atoms. The van der Waals surface area contributed by atoms with E-state index in [0.717, 1.165) is 28.8 Å². The predicted octanol–water partition coefficient (Wildman–Crippen LogP) is 4.55. The molecular formula is C19H13F3N4O5S2. The number of hydrogen-bond acceptors (Lipinski definition) is 8. The second kappa shape index (κ2) is 7.88. The highest BCUT2D eigenvalue weighted by molar-refractivity contribution is 7.99. The number of sulfone groups is 1. The zero-order chi connectivity index (χ0) is 24.1. The lowest BCUT2D eigenvalue weighted by atomic mass is 10.1. The van der Waals surface area contributed by atoms with Crippen LogP contribution in [0.15, 0.2) is 57.4 Å². The van der Waals surface area contributed by atoms with Crippen molar-refractivity contribution in [2.45, 2.75) is 27.4 Å². The summed E-state index contributed by atoms with van der Waals surface area (Å²) in [7, 11) is -4.25. The van der Waals surface area contributed by atoms with Gasteiger partial charge in [-0.25, -0.2) is 8.42 Å². The summed E-state index contributed by atoms with van der Waals surface area (Å²) in [6.07, 6.45) is 0. The Morgan fingerprint density at radius 1 is 1.12 bits per heavy atom. The van der Waals surface area contributed by atoms with Crippen LogP contribution >= 0.6 is 11.8 Å². The van der Waals surface area contributed by atoms with Crippen molar-refractivity contribution < 1.29 is 31.2 Å². The zero-order valence-corrected chi connectivity index (χ0v) is 18.5. The van der Waals surface area contributed by atoms with Crippen molar-refractivity contribution in [3.8, 4) is 5.75 Å². The lowest BCUT2D eigenvalue weighted by Gasteiger charge is -2.10. The average molecular weight is 498 g/mol. The molecule has 4 aromatic rings. The number of fused-ring (bicyclic) bond motifs is 3. The fraction of sp³-hybridized carbons (Fsp3) is 0.158. The molecular weight excluding hydrogens is 485 g/mol. The summed E-state index contributed by atoms with van der Waals surface area (Å²) in [5.74, 6) is 0.548. The Hall–Kier alpha value is -3.39. The number of nitrogens with zero attached hydrogens (tertiary/aromatic N) is 4. The van der Waals surface area contributed by atoms with Gasteiger partial charge in [0.05, 0.1) is 27.3 Å². The Kier molecular flexibility index (Phi) is 5.44. The van der Waals surface area contributed by atoms with Gasteiger partial charge in [-0.05, 0) is 54.6 Å². The number of aromatic nitrogens is 3. The lowest BCUT2D eigenvalue weighted by Crippen LogP contribution is -2.23. The number of nitro groups is 1. The highest BCUT2D eigenvalue weighted by Crippen LogP contribution is 2.39. The number of hydrogen-bond donors (Lipinski definition) is 0. The molecule has 0 amide bonds. The number of ether oxygens (including phenoxy) is 1. The molecule has 0 aliphatic carbocycles. The van der Waals surface area contributed by atoms with E-state index in [1.807, 2.05) is 13.0 Å². The van der Waals surface area contributed by atoms with Crippen LogP contribution in [0.2, 0.25) is 0 Å². The van der Waals surface area contributed by atoms with Crippen molar-refractivity contribution in [1.29, 1.82) is 0 Å². The molecule has 14 heteroatoms. The van der Waals surface area contributed by atoms with Crippen molar-refractivity contribution in [3.05, 3.63) is 58.1 Å². The summed E-state index contributed by atoms with van der Waals surface area (Å²) in [5.41, 5.74) is -4.41. The molecule has 9 nitrogen and oxygen atoms in total. The highest BCUT2D eigenvalue weighted by Gasteiger charge is 2.47. The van der Waals surface area contributed by atoms with Crippen molar-refractivity contribution in [2.24, 2.45) is 0 Å². The third kappa shape index (κ3) is 3.84. The van der Waals surface area contributed by atoms with Gasteiger partial charge in [-0.2, -0.15) is 13.2 Å². The number of alkyl halides is 3. The second-order valence-electron chi connectivity index (χ2n) is 6.82. The van der Waals surface area contributed by atoms with Gasteiger partial charge >= 0.3 is 5.51 Å². The molecule has 0 N–H and O–H groups in total. The molecule has 0 spiro atoms. The first kappa shape index (κ1) is 22.8. The van der Waals surface area contributed by atoms with Crippen LogP contribution in [0.5, 0.6) is 5.75 Å². The molecule has 0 saturated carbocycles. The molecule has 0 bridgehead atoms. The van der Waals surface area contributed by atoms with E-state index < -0.39 is 30.9 Å². The molecule has 0 saturated heterocycles. The number of rotatable bonds is 5. The van der Waals surface area contributed by atoms with Crippen LogP contribution in [0, 0.1) is 17.0 Å². The molecule has 0 fully saturated rings. The van der Waals surface area contributed by atoms with Crippen LogP contribution in [0.1, 0.15) is 5.56 Å². The maximum Gasteiger partial charge on any atom is 0.501 e. The normalized spacial score (nSPS) is 12.4. The van der Waals surface area contributed by atoms with Crippen LogP contribution < -0.4 is 4.74 Å².